The van der Waals surface area contributed by atoms with Crippen LogP contribution in [0.3, 0.4) is 0 Å². The fourth-order valence-electron chi connectivity index (χ4n) is 15.8. The lowest BCUT2D eigenvalue weighted by molar-refractivity contribution is 0.672. The number of furan rings is 4. The largest absolute Gasteiger partial charge is 0.455 e. The van der Waals surface area contributed by atoms with Crippen LogP contribution >= 0.6 is 0 Å². The number of nitrogens with one attached hydrogen (secondary N) is 1. The van der Waals surface area contributed by atoms with Gasteiger partial charge in [0, 0.05) is 76.4 Å². The van der Waals surface area contributed by atoms with Crippen LogP contribution in [0.15, 0.2) is 260 Å². The van der Waals surface area contributed by atoms with Crippen molar-refractivity contribution in [3.63, 3.8) is 0 Å². The van der Waals surface area contributed by atoms with E-state index in [1.54, 1.807) is 0 Å². The first-order valence-electron chi connectivity index (χ1n) is 30.1. The van der Waals surface area contributed by atoms with Crippen molar-refractivity contribution < 1.29 is 17.7 Å². The lowest BCUT2D eigenvalue weighted by Gasteiger charge is -2.27. The summed E-state index contributed by atoms with van der Waals surface area (Å²) in [7, 11) is 0. The van der Waals surface area contributed by atoms with Crippen LogP contribution in [0.4, 0.5) is 0 Å². The number of benzene rings is 13. The molecular formula is C80H42N6O4. The molecule has 0 fully saturated rings. The first kappa shape index (κ1) is 47.6. The quantitative estimate of drug-likeness (QED) is 0.172. The first-order chi connectivity index (χ1) is 44.6. The third-order valence-corrected chi connectivity index (χ3v) is 19.3. The van der Waals surface area contributed by atoms with E-state index < -0.39 is 0 Å². The minimum Gasteiger partial charge on any atom is -0.455 e. The summed E-state index contributed by atoms with van der Waals surface area (Å²) < 4.78 is 37.1. The highest BCUT2D eigenvalue weighted by molar-refractivity contribution is 6.29. The van der Waals surface area contributed by atoms with E-state index in [0.717, 1.165) is 175 Å². The summed E-state index contributed by atoms with van der Waals surface area (Å²) in [5.41, 5.74) is 16.2. The molecule has 0 aliphatic rings. The second-order valence-electron chi connectivity index (χ2n) is 23.6. The van der Waals surface area contributed by atoms with Gasteiger partial charge in [0.2, 0.25) is 0 Å². The molecule has 13 aromatic carbocycles. The maximum absolute atomic E-state index is 13.2. The maximum Gasteiger partial charge on any atom is 0.145 e. The molecule has 8 aromatic heterocycles. The Bertz CT molecular complexity index is 6500. The van der Waals surface area contributed by atoms with Gasteiger partial charge in [0.05, 0.1) is 88.4 Å². The summed E-state index contributed by atoms with van der Waals surface area (Å²) in [6, 6.07) is 86.9. The average molecular weight is 1150 g/mol. The van der Waals surface area contributed by atoms with Crippen LogP contribution in [0.25, 0.3) is 198 Å². The monoisotopic (exact) mass is 1150 g/mol. The van der Waals surface area contributed by atoms with Gasteiger partial charge in [0.1, 0.15) is 56.3 Å². The van der Waals surface area contributed by atoms with Crippen molar-refractivity contribution in [1.29, 1.82) is 10.7 Å². The van der Waals surface area contributed by atoms with Crippen molar-refractivity contribution >= 4 is 181 Å². The molecule has 0 saturated carbocycles. The van der Waals surface area contributed by atoms with E-state index in [1.807, 2.05) is 60.7 Å². The van der Waals surface area contributed by atoms with Gasteiger partial charge < -0.3 is 41.3 Å². The Kier molecular flexibility index (Phi) is 9.05. The Morgan fingerprint density at radius 2 is 0.511 bits per heavy atom. The zero-order chi connectivity index (χ0) is 58.8. The minimum absolute atomic E-state index is 0.358. The average Bonchev–Trinajstić information content (AvgIpc) is 1.48. The lowest BCUT2D eigenvalue weighted by atomic mass is 9.98. The molecule has 21 aromatic rings. The third-order valence-electron chi connectivity index (χ3n) is 19.3. The predicted octanol–water partition coefficient (Wildman–Crippen LogP) is 21.5. The van der Waals surface area contributed by atoms with Gasteiger partial charge in [-0.1, -0.05) is 146 Å². The van der Waals surface area contributed by atoms with E-state index >= 15 is 0 Å². The van der Waals surface area contributed by atoms with Gasteiger partial charge in [-0.25, -0.2) is 0 Å². The summed E-state index contributed by atoms with van der Waals surface area (Å²) in [5.74, 6) is 0. The van der Waals surface area contributed by atoms with Crippen molar-refractivity contribution in [3.05, 3.63) is 254 Å². The number of para-hydroxylation sites is 8. The van der Waals surface area contributed by atoms with Crippen LogP contribution in [-0.2, 0) is 0 Å². The smallest absolute Gasteiger partial charge is 0.145 e. The van der Waals surface area contributed by atoms with Crippen molar-refractivity contribution in [2.45, 2.75) is 0 Å². The van der Waals surface area contributed by atoms with Gasteiger partial charge in [-0.3, -0.25) is 0 Å². The van der Waals surface area contributed by atoms with Crippen LogP contribution in [0.5, 0.6) is 0 Å². The van der Waals surface area contributed by atoms with Crippen molar-refractivity contribution in [2.75, 3.05) is 0 Å². The summed E-state index contributed by atoms with van der Waals surface area (Å²) in [6.07, 6.45) is 1.51. The Morgan fingerprint density at radius 3 is 0.778 bits per heavy atom. The van der Waals surface area contributed by atoms with Crippen molar-refractivity contribution in [2.24, 2.45) is 0 Å². The normalized spacial score (nSPS) is 12.5. The molecule has 0 aliphatic heterocycles. The minimum atomic E-state index is 0.358. The van der Waals surface area contributed by atoms with Crippen LogP contribution in [0.2, 0.25) is 0 Å². The van der Waals surface area contributed by atoms with Gasteiger partial charge in [0.25, 0.3) is 0 Å². The summed E-state index contributed by atoms with van der Waals surface area (Å²) in [4.78, 5) is 0. The number of aromatic nitrogens is 4. The molecule has 0 amide bonds. The first-order valence-corrected chi connectivity index (χ1v) is 30.1. The Hall–Kier alpha value is -12.6. The summed E-state index contributed by atoms with van der Waals surface area (Å²) in [5, 5.41) is 39.2. The molecule has 0 aliphatic carbocycles. The molecule has 10 heteroatoms. The molecule has 0 bridgehead atoms. The Labute approximate surface area is 507 Å². The number of hydrogen-bond donors (Lipinski definition) is 1. The van der Waals surface area contributed by atoms with E-state index in [1.165, 1.54) is 6.21 Å². The van der Waals surface area contributed by atoms with Gasteiger partial charge >= 0.3 is 0 Å². The second-order valence-corrected chi connectivity index (χ2v) is 23.6. The third kappa shape index (κ3) is 5.84. The fraction of sp³-hybridized carbons (Fsp3) is 0. The van der Waals surface area contributed by atoms with Gasteiger partial charge in [-0.05, 0) is 97.1 Å². The summed E-state index contributed by atoms with van der Waals surface area (Å²) in [6.45, 7) is 0. The molecule has 0 radical (unpaired) electrons. The highest BCUT2D eigenvalue weighted by atomic mass is 16.3. The predicted molar refractivity (Wildman–Crippen MR) is 366 cm³/mol. The molecule has 8 heterocycles. The molecule has 0 atom stereocenters. The van der Waals surface area contributed by atoms with Crippen LogP contribution in [-0.4, -0.2) is 24.5 Å². The van der Waals surface area contributed by atoms with Crippen molar-refractivity contribution in [3.8, 4) is 28.8 Å². The maximum atomic E-state index is 13.2. The van der Waals surface area contributed by atoms with Crippen molar-refractivity contribution in [1.82, 2.24) is 18.3 Å². The molecule has 10 nitrogen and oxygen atoms in total. The zero-order valence-corrected chi connectivity index (χ0v) is 47.5. The molecule has 21 rings (SSSR count). The Morgan fingerprint density at radius 1 is 0.267 bits per heavy atom. The molecule has 1 N–H and O–H groups in total. The molecular weight excluding hydrogens is 1110 g/mol. The van der Waals surface area contributed by atoms with E-state index in [4.69, 9.17) is 17.7 Å². The van der Waals surface area contributed by atoms with Gasteiger partial charge in [-0.2, -0.15) is 5.26 Å². The number of nitriles is 1. The Balaban J connectivity index is 1.05. The molecule has 90 heavy (non-hydrogen) atoms. The van der Waals surface area contributed by atoms with Gasteiger partial charge in [-0.15, -0.1) is 0 Å². The highest BCUT2D eigenvalue weighted by Gasteiger charge is 2.36. The number of rotatable bonds is 5. The zero-order valence-electron chi connectivity index (χ0n) is 47.5. The van der Waals surface area contributed by atoms with E-state index in [-0.39, 0.29) is 0 Å². The van der Waals surface area contributed by atoms with E-state index in [2.05, 4.69) is 206 Å². The molecule has 0 unspecified atom stereocenters. The van der Waals surface area contributed by atoms with Gasteiger partial charge in [0.15, 0.2) is 0 Å². The second kappa shape index (κ2) is 17.1. The molecule has 0 spiro atoms. The van der Waals surface area contributed by atoms with Crippen LogP contribution in [0.1, 0.15) is 11.1 Å². The van der Waals surface area contributed by atoms with Crippen LogP contribution < -0.4 is 0 Å². The number of hydrogen-bond acceptors (Lipinski definition) is 6. The lowest BCUT2D eigenvalue weighted by Crippen LogP contribution is -2.17. The number of nitrogens with zero attached hydrogens (tertiary/aromatic N) is 5. The van der Waals surface area contributed by atoms with E-state index in [9.17, 15) is 10.7 Å². The SMILES string of the molecule is N#Cc1c(-n2c3ccccc3c3c4oc5ccccc5c4ccc32)c(-n2c3ccccc3c3c4oc5ccccc5c4ccc32)c(C=N)c(-n2c3ccccc3c3c4oc5ccccc5c4ccc32)c1-n1c2ccccc2c2c3oc4ccccc4c3ccc21. The molecule has 0 saturated heterocycles. The highest BCUT2D eigenvalue weighted by Crippen LogP contribution is 2.52. The topological polar surface area (TPSA) is 120 Å². The van der Waals surface area contributed by atoms with E-state index in [0.29, 0.717) is 33.9 Å². The summed E-state index contributed by atoms with van der Waals surface area (Å²) >= 11 is 0. The standard InChI is InChI=1S/C80H42N6O4/c81-41-55-73(83-57-25-9-1-21-51(57)69-61(83)37-33-47-43-17-5-13-29-65(43)87-77(47)69)74(84-58-26-10-2-22-52(58)70-62(84)38-34-48-44-18-6-14-30-66(44)88-78(48)70)56(42-82)76(86-60-28-12-4-24-54(60)72-64(86)40-36-50-46-20-8-16-32-68(46)90-80(50)72)75(55)85-59-27-11-3-23-53(59)71-63(85)39-35-49-45-19-7-15-31-67(45)89-79(49)71/h1-41,81H. The molecule has 416 valence electrons. The van der Waals surface area contributed by atoms with Crippen LogP contribution in [0, 0.1) is 16.7 Å². The number of fused-ring (bicyclic) bond motifs is 28. The fourth-order valence-corrected chi connectivity index (χ4v) is 15.8.